The third-order valence-electron chi connectivity index (χ3n) is 4.00. The third kappa shape index (κ3) is 2.93. The molecule has 2 aromatic rings. The smallest absolute Gasteiger partial charge is 0.146 e. The van der Waals surface area contributed by atoms with Gasteiger partial charge in [0.15, 0.2) is 0 Å². The molecule has 2 N–H and O–H groups in total. The summed E-state index contributed by atoms with van der Waals surface area (Å²) in [6.07, 6.45) is 4.83. The quantitative estimate of drug-likeness (QED) is 0.696. The standard InChI is InChI=1S/C19H20N2O2/c1-19(2)18(13-22)21(11-10-14-6-4-3-5-7-14)16-9-8-15(20)12-17(16)23-19/h3-13,18H,20H2,1-2H3. The van der Waals surface area contributed by atoms with E-state index in [2.05, 4.69) is 0 Å². The van der Waals surface area contributed by atoms with Crippen LogP contribution < -0.4 is 15.4 Å². The molecule has 1 unspecified atom stereocenters. The molecule has 118 valence electrons. The Kier molecular flexibility index (Phi) is 3.82. The molecule has 1 aliphatic heterocycles. The fourth-order valence-electron chi connectivity index (χ4n) is 2.79. The van der Waals surface area contributed by atoms with Crippen LogP contribution in [0.2, 0.25) is 0 Å². The third-order valence-corrected chi connectivity index (χ3v) is 4.00. The lowest BCUT2D eigenvalue weighted by molar-refractivity contribution is -0.112. The zero-order valence-electron chi connectivity index (χ0n) is 13.3. The van der Waals surface area contributed by atoms with E-state index < -0.39 is 11.6 Å². The van der Waals surface area contributed by atoms with Gasteiger partial charge in [0.25, 0.3) is 0 Å². The van der Waals surface area contributed by atoms with Crippen LogP contribution in [-0.2, 0) is 4.79 Å². The van der Waals surface area contributed by atoms with Crippen molar-refractivity contribution in [1.29, 1.82) is 0 Å². The van der Waals surface area contributed by atoms with Crippen LogP contribution in [0.4, 0.5) is 11.4 Å². The van der Waals surface area contributed by atoms with Crippen molar-refractivity contribution in [3.8, 4) is 5.75 Å². The Labute approximate surface area is 136 Å². The molecule has 0 spiro atoms. The van der Waals surface area contributed by atoms with E-state index in [9.17, 15) is 4.79 Å². The lowest BCUT2D eigenvalue weighted by Crippen LogP contribution is -2.55. The van der Waals surface area contributed by atoms with Crippen LogP contribution in [0, 0.1) is 0 Å². The summed E-state index contributed by atoms with van der Waals surface area (Å²) < 4.78 is 6.00. The molecule has 0 saturated carbocycles. The summed E-state index contributed by atoms with van der Waals surface area (Å²) in [7, 11) is 0. The van der Waals surface area contributed by atoms with Gasteiger partial charge in [-0.15, -0.1) is 0 Å². The number of nitrogen functional groups attached to an aromatic ring is 1. The molecule has 4 heteroatoms. The van der Waals surface area contributed by atoms with Gasteiger partial charge >= 0.3 is 0 Å². The molecule has 4 nitrogen and oxygen atoms in total. The van der Waals surface area contributed by atoms with Gasteiger partial charge in [-0.05, 0) is 37.6 Å². The number of aldehydes is 1. The van der Waals surface area contributed by atoms with Crippen LogP contribution in [-0.4, -0.2) is 17.9 Å². The monoisotopic (exact) mass is 308 g/mol. The van der Waals surface area contributed by atoms with E-state index in [0.717, 1.165) is 17.5 Å². The van der Waals surface area contributed by atoms with Crippen molar-refractivity contribution in [3.05, 3.63) is 60.3 Å². The molecule has 0 radical (unpaired) electrons. The predicted molar refractivity (Wildman–Crippen MR) is 93.4 cm³/mol. The van der Waals surface area contributed by atoms with Gasteiger partial charge in [-0.1, -0.05) is 30.3 Å². The molecule has 0 aliphatic carbocycles. The Balaban J connectivity index is 2.05. The van der Waals surface area contributed by atoms with E-state index in [0.29, 0.717) is 11.4 Å². The largest absolute Gasteiger partial charge is 0.483 e. The zero-order chi connectivity index (χ0) is 16.4. The maximum atomic E-state index is 11.7. The van der Waals surface area contributed by atoms with E-state index in [1.54, 1.807) is 6.07 Å². The Hall–Kier alpha value is -2.75. The van der Waals surface area contributed by atoms with Crippen LogP contribution >= 0.6 is 0 Å². The molecule has 2 aromatic carbocycles. The molecule has 1 aliphatic rings. The molecule has 0 aromatic heterocycles. The normalized spacial score (nSPS) is 19.2. The van der Waals surface area contributed by atoms with Crippen LogP contribution in [0.5, 0.6) is 5.75 Å². The van der Waals surface area contributed by atoms with E-state index >= 15 is 0 Å². The highest BCUT2D eigenvalue weighted by molar-refractivity contribution is 5.77. The average molecular weight is 308 g/mol. The van der Waals surface area contributed by atoms with Gasteiger partial charge in [0.1, 0.15) is 23.7 Å². The number of rotatable bonds is 3. The molecule has 1 atom stereocenters. The van der Waals surface area contributed by atoms with Crippen molar-refractivity contribution < 1.29 is 9.53 Å². The number of fused-ring (bicyclic) bond motifs is 1. The van der Waals surface area contributed by atoms with Crippen LogP contribution in [0.15, 0.2) is 54.7 Å². The van der Waals surface area contributed by atoms with Crippen molar-refractivity contribution in [1.82, 2.24) is 0 Å². The van der Waals surface area contributed by atoms with Crippen molar-refractivity contribution in [2.24, 2.45) is 0 Å². The zero-order valence-corrected chi connectivity index (χ0v) is 13.3. The second kappa shape index (κ2) is 5.80. The van der Waals surface area contributed by atoms with E-state index in [-0.39, 0.29) is 0 Å². The number of benzene rings is 2. The van der Waals surface area contributed by atoms with Gasteiger partial charge in [-0.25, -0.2) is 0 Å². The van der Waals surface area contributed by atoms with Crippen molar-refractivity contribution in [3.63, 3.8) is 0 Å². The first kappa shape index (κ1) is 15.2. The highest BCUT2D eigenvalue weighted by atomic mass is 16.5. The molecular formula is C19H20N2O2. The highest BCUT2D eigenvalue weighted by Gasteiger charge is 2.41. The van der Waals surface area contributed by atoms with Gasteiger partial charge < -0.3 is 20.2 Å². The van der Waals surface area contributed by atoms with Gasteiger partial charge in [0.05, 0.1) is 5.69 Å². The number of anilines is 2. The average Bonchev–Trinajstić information content (AvgIpc) is 2.52. The number of carbonyl (C=O) groups excluding carboxylic acids is 1. The Bertz CT molecular complexity index is 738. The lowest BCUT2D eigenvalue weighted by Gasteiger charge is -2.44. The van der Waals surface area contributed by atoms with Gasteiger partial charge in [-0.2, -0.15) is 0 Å². The lowest BCUT2D eigenvalue weighted by atomic mass is 9.95. The SMILES string of the molecule is CC1(C)Oc2cc(N)ccc2N(C=Cc2ccccc2)C1C=O. The van der Waals surface area contributed by atoms with E-state index in [1.807, 2.05) is 73.5 Å². The van der Waals surface area contributed by atoms with Gasteiger partial charge in [0.2, 0.25) is 0 Å². The highest BCUT2D eigenvalue weighted by Crippen LogP contribution is 2.41. The fourth-order valence-corrected chi connectivity index (χ4v) is 2.79. The fraction of sp³-hybridized carbons (Fsp3) is 0.211. The van der Waals surface area contributed by atoms with Crippen LogP contribution in [0.3, 0.4) is 0 Å². The van der Waals surface area contributed by atoms with Crippen molar-refractivity contribution >= 4 is 23.7 Å². The molecule has 1 heterocycles. The first-order valence-electron chi connectivity index (χ1n) is 7.57. The first-order valence-corrected chi connectivity index (χ1v) is 7.57. The molecular weight excluding hydrogens is 288 g/mol. The molecule has 0 amide bonds. The van der Waals surface area contributed by atoms with Crippen molar-refractivity contribution in [2.45, 2.75) is 25.5 Å². The molecule has 3 rings (SSSR count). The van der Waals surface area contributed by atoms with Crippen molar-refractivity contribution in [2.75, 3.05) is 10.6 Å². The summed E-state index contributed by atoms with van der Waals surface area (Å²) in [4.78, 5) is 13.6. The summed E-state index contributed by atoms with van der Waals surface area (Å²) in [5.41, 5.74) is 7.75. The first-order chi connectivity index (χ1) is 11.0. The number of carbonyl (C=O) groups is 1. The number of ether oxygens (including phenoxy) is 1. The second-order valence-corrected chi connectivity index (χ2v) is 6.15. The Morgan fingerprint density at radius 2 is 1.91 bits per heavy atom. The molecule has 23 heavy (non-hydrogen) atoms. The summed E-state index contributed by atoms with van der Waals surface area (Å²) in [6.45, 7) is 3.81. The number of nitrogens with two attached hydrogens (primary N) is 1. The van der Waals surface area contributed by atoms with Gasteiger partial charge in [-0.3, -0.25) is 0 Å². The second-order valence-electron chi connectivity index (χ2n) is 6.15. The predicted octanol–water partition coefficient (Wildman–Crippen LogP) is 3.48. The van der Waals surface area contributed by atoms with Gasteiger partial charge in [0, 0.05) is 18.0 Å². The van der Waals surface area contributed by atoms with E-state index in [1.165, 1.54) is 0 Å². The number of nitrogens with zero attached hydrogens (tertiary/aromatic N) is 1. The maximum Gasteiger partial charge on any atom is 0.146 e. The number of hydrogen-bond donors (Lipinski definition) is 1. The summed E-state index contributed by atoms with van der Waals surface area (Å²) >= 11 is 0. The minimum absolute atomic E-state index is 0.418. The Morgan fingerprint density at radius 1 is 1.17 bits per heavy atom. The Morgan fingerprint density at radius 3 is 2.61 bits per heavy atom. The number of hydrogen-bond acceptors (Lipinski definition) is 4. The molecule has 0 bridgehead atoms. The summed E-state index contributed by atoms with van der Waals surface area (Å²) in [5.74, 6) is 0.686. The molecule has 0 saturated heterocycles. The minimum Gasteiger partial charge on any atom is -0.483 e. The van der Waals surface area contributed by atoms with Crippen LogP contribution in [0.25, 0.3) is 6.08 Å². The topological polar surface area (TPSA) is 55.6 Å². The van der Waals surface area contributed by atoms with Crippen LogP contribution in [0.1, 0.15) is 19.4 Å². The summed E-state index contributed by atoms with van der Waals surface area (Å²) in [5, 5.41) is 0. The maximum absolute atomic E-state index is 11.7. The summed E-state index contributed by atoms with van der Waals surface area (Å²) in [6, 6.07) is 15.0. The van der Waals surface area contributed by atoms with E-state index in [4.69, 9.17) is 10.5 Å². The minimum atomic E-state index is -0.649. The molecule has 0 fully saturated rings.